The van der Waals surface area contributed by atoms with E-state index < -0.39 is 0 Å². The number of thiophene rings is 1. The van der Waals surface area contributed by atoms with Crippen LogP contribution in [0.2, 0.25) is 0 Å². The summed E-state index contributed by atoms with van der Waals surface area (Å²) < 4.78 is 5.89. The van der Waals surface area contributed by atoms with Crippen LogP contribution in [-0.2, 0) is 19.6 Å². The Bertz CT molecular complexity index is 557. The van der Waals surface area contributed by atoms with Gasteiger partial charge in [0.2, 0.25) is 0 Å². The molecule has 3 nitrogen and oxygen atoms in total. The van der Waals surface area contributed by atoms with Crippen molar-refractivity contribution in [2.75, 3.05) is 6.54 Å². The monoisotopic (exact) mass is 304 g/mol. The Morgan fingerprint density at radius 1 is 1.38 bits per heavy atom. The van der Waals surface area contributed by atoms with Crippen LogP contribution in [0, 0.1) is 6.92 Å². The highest BCUT2D eigenvalue weighted by molar-refractivity contribution is 7.09. The summed E-state index contributed by atoms with van der Waals surface area (Å²) in [6, 6.07) is 7.28. The van der Waals surface area contributed by atoms with Crippen LogP contribution in [0.4, 0.5) is 0 Å². The minimum absolute atomic E-state index is 0.727. The highest BCUT2D eigenvalue weighted by Gasteiger charge is 2.21. The summed E-state index contributed by atoms with van der Waals surface area (Å²) in [7, 11) is 0. The van der Waals surface area contributed by atoms with Crippen LogP contribution in [0.1, 0.15) is 41.7 Å². The van der Waals surface area contributed by atoms with Crippen molar-refractivity contribution in [3.8, 4) is 0 Å². The highest BCUT2D eigenvalue weighted by Crippen LogP contribution is 2.22. The van der Waals surface area contributed by atoms with Gasteiger partial charge in [0.1, 0.15) is 11.5 Å². The van der Waals surface area contributed by atoms with E-state index >= 15 is 0 Å². The van der Waals surface area contributed by atoms with Crippen LogP contribution < -0.4 is 5.32 Å². The van der Waals surface area contributed by atoms with E-state index in [-0.39, 0.29) is 0 Å². The molecule has 1 saturated carbocycles. The second kappa shape index (κ2) is 6.77. The molecule has 1 aliphatic rings. The Kier molecular flexibility index (Phi) is 4.78. The van der Waals surface area contributed by atoms with Crippen LogP contribution in [0.5, 0.6) is 0 Å². The predicted octanol–water partition coefficient (Wildman–Crippen LogP) is 3.92. The molecule has 2 heterocycles. The number of nitrogens with one attached hydrogen (secondary N) is 1. The number of hydrogen-bond acceptors (Lipinski definition) is 4. The molecule has 0 bridgehead atoms. The van der Waals surface area contributed by atoms with E-state index in [0.29, 0.717) is 0 Å². The van der Waals surface area contributed by atoms with Crippen molar-refractivity contribution in [2.45, 2.75) is 52.4 Å². The number of nitrogens with zero attached hydrogens (tertiary/aromatic N) is 1. The molecule has 0 spiro atoms. The molecule has 3 rings (SSSR count). The van der Waals surface area contributed by atoms with Gasteiger partial charge in [-0.05, 0) is 43.8 Å². The van der Waals surface area contributed by atoms with Crippen LogP contribution in [-0.4, -0.2) is 17.5 Å². The molecule has 1 fully saturated rings. The third kappa shape index (κ3) is 4.19. The Morgan fingerprint density at radius 2 is 2.24 bits per heavy atom. The lowest BCUT2D eigenvalue weighted by Crippen LogP contribution is -2.21. The predicted molar refractivity (Wildman–Crippen MR) is 87.4 cm³/mol. The zero-order valence-corrected chi connectivity index (χ0v) is 13.7. The van der Waals surface area contributed by atoms with Gasteiger partial charge in [-0.2, -0.15) is 0 Å². The van der Waals surface area contributed by atoms with E-state index in [0.717, 1.165) is 43.7 Å². The van der Waals surface area contributed by atoms with Gasteiger partial charge in [-0.15, -0.1) is 11.3 Å². The van der Waals surface area contributed by atoms with E-state index in [2.05, 4.69) is 47.6 Å². The second-order valence-electron chi connectivity index (χ2n) is 5.83. The van der Waals surface area contributed by atoms with E-state index in [9.17, 15) is 0 Å². The molecular formula is C17H24N2OS. The summed E-state index contributed by atoms with van der Waals surface area (Å²) in [5.41, 5.74) is 1.32. The maximum absolute atomic E-state index is 5.89. The van der Waals surface area contributed by atoms with Crippen molar-refractivity contribution in [1.82, 2.24) is 10.2 Å². The van der Waals surface area contributed by atoms with Crippen molar-refractivity contribution in [1.29, 1.82) is 0 Å². The fraction of sp³-hybridized carbons (Fsp3) is 0.529. The molecule has 4 heteroatoms. The van der Waals surface area contributed by atoms with Gasteiger partial charge in [0.25, 0.3) is 0 Å². The lowest BCUT2D eigenvalue weighted by atomic mass is 10.2. The maximum Gasteiger partial charge on any atom is 0.118 e. The normalized spacial score (nSPS) is 15.0. The number of furan rings is 1. The van der Waals surface area contributed by atoms with E-state index in [1.807, 2.05) is 11.3 Å². The second-order valence-corrected chi connectivity index (χ2v) is 6.86. The molecule has 0 atom stereocenters. The van der Waals surface area contributed by atoms with Crippen LogP contribution in [0.25, 0.3) is 0 Å². The molecule has 0 amide bonds. The van der Waals surface area contributed by atoms with E-state index in [1.54, 1.807) is 0 Å². The van der Waals surface area contributed by atoms with Crippen molar-refractivity contribution in [2.24, 2.45) is 0 Å². The van der Waals surface area contributed by atoms with Crippen molar-refractivity contribution >= 4 is 11.3 Å². The van der Waals surface area contributed by atoms with E-state index in [1.165, 1.54) is 23.3 Å². The smallest absolute Gasteiger partial charge is 0.118 e. The molecule has 0 aliphatic heterocycles. The third-order valence-corrected chi connectivity index (χ3v) is 4.88. The average molecular weight is 304 g/mol. The SMILES string of the molecule is CCN(Cc1cccs1)Cc1cc(CNC2CC2)oc1C. The summed E-state index contributed by atoms with van der Waals surface area (Å²) in [4.78, 5) is 3.88. The van der Waals surface area contributed by atoms with Crippen LogP contribution in [0.15, 0.2) is 28.0 Å². The first-order chi connectivity index (χ1) is 10.2. The molecule has 1 N–H and O–H groups in total. The minimum atomic E-state index is 0.727. The fourth-order valence-corrected chi connectivity index (χ4v) is 3.25. The molecule has 0 saturated heterocycles. The third-order valence-electron chi connectivity index (χ3n) is 4.01. The summed E-state index contributed by atoms with van der Waals surface area (Å²) in [6.07, 6.45) is 2.63. The Morgan fingerprint density at radius 3 is 2.90 bits per heavy atom. The molecular weight excluding hydrogens is 280 g/mol. The Labute approximate surface area is 131 Å². The van der Waals surface area contributed by atoms with Gasteiger partial charge in [0.05, 0.1) is 6.54 Å². The van der Waals surface area contributed by atoms with Crippen molar-refractivity contribution < 1.29 is 4.42 Å². The van der Waals surface area contributed by atoms with Gasteiger partial charge >= 0.3 is 0 Å². The summed E-state index contributed by atoms with van der Waals surface area (Å²) in [5, 5.41) is 5.66. The van der Waals surface area contributed by atoms with Gasteiger partial charge < -0.3 is 9.73 Å². The molecule has 0 unspecified atom stereocenters. The minimum Gasteiger partial charge on any atom is -0.465 e. The average Bonchev–Trinajstić information content (AvgIpc) is 3.05. The van der Waals surface area contributed by atoms with Crippen LogP contribution >= 0.6 is 11.3 Å². The maximum atomic E-state index is 5.89. The molecule has 21 heavy (non-hydrogen) atoms. The fourth-order valence-electron chi connectivity index (χ4n) is 2.51. The first-order valence-corrected chi connectivity index (χ1v) is 8.69. The summed E-state index contributed by atoms with van der Waals surface area (Å²) in [5.74, 6) is 2.13. The van der Waals surface area contributed by atoms with Gasteiger partial charge in [0.15, 0.2) is 0 Å². The lowest BCUT2D eigenvalue weighted by Gasteiger charge is -2.19. The molecule has 0 aromatic carbocycles. The quantitative estimate of drug-likeness (QED) is 0.801. The first kappa shape index (κ1) is 14.8. The zero-order valence-electron chi connectivity index (χ0n) is 12.9. The zero-order chi connectivity index (χ0) is 14.7. The number of hydrogen-bond donors (Lipinski definition) is 1. The van der Waals surface area contributed by atoms with Gasteiger partial charge in [0, 0.05) is 29.6 Å². The van der Waals surface area contributed by atoms with Crippen molar-refractivity contribution in [3.05, 3.63) is 45.5 Å². The lowest BCUT2D eigenvalue weighted by molar-refractivity contribution is 0.272. The largest absolute Gasteiger partial charge is 0.465 e. The Balaban J connectivity index is 1.59. The number of rotatable bonds is 8. The van der Waals surface area contributed by atoms with E-state index in [4.69, 9.17) is 4.42 Å². The Hall–Kier alpha value is -1.10. The summed E-state index contributed by atoms with van der Waals surface area (Å²) in [6.45, 7) is 8.20. The molecule has 2 aromatic rings. The van der Waals surface area contributed by atoms with Crippen molar-refractivity contribution in [3.63, 3.8) is 0 Å². The molecule has 1 aliphatic carbocycles. The number of aryl methyl sites for hydroxylation is 1. The standard InChI is InChI=1S/C17H24N2OS/c1-3-19(12-17-5-4-8-21-17)11-14-9-16(20-13(14)2)10-18-15-6-7-15/h4-5,8-9,15,18H,3,6-7,10-12H2,1-2H3. The molecule has 2 aromatic heterocycles. The highest BCUT2D eigenvalue weighted by atomic mass is 32.1. The first-order valence-electron chi connectivity index (χ1n) is 7.81. The van der Waals surface area contributed by atoms with Gasteiger partial charge in [-0.25, -0.2) is 0 Å². The van der Waals surface area contributed by atoms with Crippen LogP contribution in [0.3, 0.4) is 0 Å². The molecule has 114 valence electrons. The topological polar surface area (TPSA) is 28.4 Å². The summed E-state index contributed by atoms with van der Waals surface area (Å²) >= 11 is 1.83. The van der Waals surface area contributed by atoms with Gasteiger partial charge in [-0.3, -0.25) is 4.90 Å². The van der Waals surface area contributed by atoms with Gasteiger partial charge in [-0.1, -0.05) is 13.0 Å². The molecule has 0 radical (unpaired) electrons.